The van der Waals surface area contributed by atoms with E-state index in [-0.39, 0.29) is 11.6 Å². The summed E-state index contributed by atoms with van der Waals surface area (Å²) < 4.78 is 5.58. The predicted molar refractivity (Wildman–Crippen MR) is 95.3 cm³/mol. The quantitative estimate of drug-likeness (QED) is 0.418. The SMILES string of the molecule is Cc1csc(NC(=O)/C=C/c2ccc(-c3ccccc3[N+](=O)[O-])o2)n1. The molecular weight excluding hydrogens is 342 g/mol. The van der Waals surface area contributed by atoms with Crippen molar-refractivity contribution in [3.05, 3.63) is 69.4 Å². The van der Waals surface area contributed by atoms with Gasteiger partial charge in [0.1, 0.15) is 11.5 Å². The van der Waals surface area contributed by atoms with Crippen LogP contribution in [0.2, 0.25) is 0 Å². The standard InChI is InChI=1S/C17H13N3O4S/c1-11-10-25-17(18-11)19-16(21)9-7-12-6-8-15(24-12)13-4-2-3-5-14(13)20(22)23/h2-10H,1H3,(H,18,19,21)/b9-7+. The van der Waals surface area contributed by atoms with Gasteiger partial charge in [-0.1, -0.05) is 12.1 Å². The van der Waals surface area contributed by atoms with E-state index in [0.717, 1.165) is 5.69 Å². The number of rotatable bonds is 5. The summed E-state index contributed by atoms with van der Waals surface area (Å²) in [6, 6.07) is 9.59. The van der Waals surface area contributed by atoms with Crippen LogP contribution in [0.25, 0.3) is 17.4 Å². The lowest BCUT2D eigenvalue weighted by atomic mass is 10.1. The molecule has 2 aromatic heterocycles. The summed E-state index contributed by atoms with van der Waals surface area (Å²) in [6.07, 6.45) is 2.81. The third-order valence-electron chi connectivity index (χ3n) is 3.24. The number of amides is 1. The van der Waals surface area contributed by atoms with E-state index in [1.807, 2.05) is 12.3 Å². The zero-order valence-electron chi connectivity index (χ0n) is 13.1. The van der Waals surface area contributed by atoms with Crippen molar-refractivity contribution in [3.63, 3.8) is 0 Å². The number of aromatic nitrogens is 1. The highest BCUT2D eigenvalue weighted by Gasteiger charge is 2.16. The van der Waals surface area contributed by atoms with E-state index >= 15 is 0 Å². The molecule has 1 aromatic carbocycles. The van der Waals surface area contributed by atoms with Crippen LogP contribution in [-0.2, 0) is 4.79 Å². The maximum Gasteiger partial charge on any atom is 0.280 e. The fraction of sp³-hybridized carbons (Fsp3) is 0.0588. The first-order chi connectivity index (χ1) is 12.0. The summed E-state index contributed by atoms with van der Waals surface area (Å²) >= 11 is 1.34. The molecule has 8 heteroatoms. The van der Waals surface area contributed by atoms with Crippen LogP contribution in [0.15, 0.2) is 52.3 Å². The molecule has 0 aliphatic heterocycles. The second-order valence-corrected chi connectivity index (χ2v) is 5.95. The molecule has 126 valence electrons. The summed E-state index contributed by atoms with van der Waals surface area (Å²) in [4.78, 5) is 26.6. The van der Waals surface area contributed by atoms with Crippen LogP contribution in [0.1, 0.15) is 11.5 Å². The van der Waals surface area contributed by atoms with Crippen molar-refractivity contribution < 1.29 is 14.1 Å². The van der Waals surface area contributed by atoms with E-state index in [0.29, 0.717) is 22.2 Å². The van der Waals surface area contributed by atoms with Crippen molar-refractivity contribution in [2.24, 2.45) is 0 Å². The average Bonchev–Trinajstić information content (AvgIpc) is 3.22. The molecule has 3 rings (SSSR count). The Hall–Kier alpha value is -3.26. The van der Waals surface area contributed by atoms with Gasteiger partial charge in [-0.15, -0.1) is 11.3 Å². The number of thiazole rings is 1. The number of aryl methyl sites for hydroxylation is 1. The van der Waals surface area contributed by atoms with Crippen molar-refractivity contribution in [1.82, 2.24) is 4.98 Å². The Balaban J connectivity index is 1.73. The van der Waals surface area contributed by atoms with Crippen molar-refractivity contribution in [3.8, 4) is 11.3 Å². The normalized spacial score (nSPS) is 10.9. The summed E-state index contributed by atoms with van der Waals surface area (Å²) in [5, 5.41) is 16.1. The number of benzene rings is 1. The first-order valence-electron chi connectivity index (χ1n) is 7.28. The monoisotopic (exact) mass is 355 g/mol. The molecule has 0 atom stereocenters. The Kier molecular flexibility index (Phi) is 4.71. The van der Waals surface area contributed by atoms with Gasteiger partial charge in [0.15, 0.2) is 5.13 Å². The van der Waals surface area contributed by atoms with Gasteiger partial charge < -0.3 is 4.42 Å². The lowest BCUT2D eigenvalue weighted by Crippen LogP contribution is -2.07. The third-order valence-corrected chi connectivity index (χ3v) is 4.12. The highest BCUT2D eigenvalue weighted by Crippen LogP contribution is 2.31. The average molecular weight is 355 g/mol. The van der Waals surface area contributed by atoms with Crippen molar-refractivity contribution in [2.45, 2.75) is 6.92 Å². The van der Waals surface area contributed by atoms with E-state index in [9.17, 15) is 14.9 Å². The van der Waals surface area contributed by atoms with Crippen molar-refractivity contribution in [1.29, 1.82) is 0 Å². The maximum absolute atomic E-state index is 11.9. The van der Waals surface area contributed by atoms with Crippen LogP contribution >= 0.6 is 11.3 Å². The number of anilines is 1. The molecular formula is C17H13N3O4S. The summed E-state index contributed by atoms with van der Waals surface area (Å²) in [6.45, 7) is 1.84. The molecule has 0 radical (unpaired) electrons. The molecule has 0 saturated carbocycles. The van der Waals surface area contributed by atoms with Crippen LogP contribution < -0.4 is 5.32 Å². The Morgan fingerprint density at radius 3 is 2.84 bits per heavy atom. The maximum atomic E-state index is 11.9. The fourth-order valence-electron chi connectivity index (χ4n) is 2.14. The zero-order chi connectivity index (χ0) is 17.8. The third kappa shape index (κ3) is 3.99. The van der Waals surface area contributed by atoms with Gasteiger partial charge in [0.25, 0.3) is 5.69 Å². The molecule has 0 spiro atoms. The van der Waals surface area contributed by atoms with Crippen LogP contribution in [-0.4, -0.2) is 15.8 Å². The van der Waals surface area contributed by atoms with Gasteiger partial charge in [-0.05, 0) is 31.2 Å². The molecule has 0 fully saturated rings. The van der Waals surface area contributed by atoms with Gasteiger partial charge in [0.05, 0.1) is 16.2 Å². The molecule has 2 heterocycles. The lowest BCUT2D eigenvalue weighted by molar-refractivity contribution is -0.384. The fourth-order valence-corrected chi connectivity index (χ4v) is 2.84. The molecule has 25 heavy (non-hydrogen) atoms. The van der Waals surface area contributed by atoms with E-state index in [1.54, 1.807) is 30.3 Å². The smallest absolute Gasteiger partial charge is 0.280 e. The number of carbonyl (C=O) groups is 1. The van der Waals surface area contributed by atoms with Crippen LogP contribution in [0.5, 0.6) is 0 Å². The molecule has 1 amide bonds. The first-order valence-corrected chi connectivity index (χ1v) is 8.16. The van der Waals surface area contributed by atoms with E-state index in [2.05, 4.69) is 10.3 Å². The van der Waals surface area contributed by atoms with E-state index in [1.165, 1.54) is 29.6 Å². The number of hydrogen-bond acceptors (Lipinski definition) is 6. The first kappa shape index (κ1) is 16.6. The van der Waals surface area contributed by atoms with Gasteiger partial charge in [-0.25, -0.2) is 4.98 Å². The predicted octanol–water partition coefficient (Wildman–Crippen LogP) is 4.27. The zero-order valence-corrected chi connectivity index (χ0v) is 13.9. The van der Waals surface area contributed by atoms with Crippen molar-refractivity contribution >= 4 is 34.1 Å². The second kappa shape index (κ2) is 7.10. The molecule has 0 bridgehead atoms. The minimum absolute atomic E-state index is 0.0377. The lowest BCUT2D eigenvalue weighted by Gasteiger charge is -1.98. The van der Waals surface area contributed by atoms with E-state index < -0.39 is 4.92 Å². The van der Waals surface area contributed by atoms with Crippen LogP contribution in [0, 0.1) is 17.0 Å². The Morgan fingerprint density at radius 1 is 1.32 bits per heavy atom. The topological polar surface area (TPSA) is 98.3 Å². The minimum Gasteiger partial charge on any atom is -0.456 e. The molecule has 0 aliphatic carbocycles. The number of nitrogens with zero attached hydrogens (tertiary/aromatic N) is 2. The highest BCUT2D eigenvalue weighted by molar-refractivity contribution is 7.13. The van der Waals surface area contributed by atoms with E-state index in [4.69, 9.17) is 4.42 Å². The Labute approximate surface area is 146 Å². The molecule has 1 N–H and O–H groups in total. The molecule has 3 aromatic rings. The Morgan fingerprint density at radius 2 is 2.12 bits per heavy atom. The number of para-hydroxylation sites is 1. The number of nitro groups is 1. The van der Waals surface area contributed by atoms with Gasteiger partial charge in [0, 0.05) is 17.5 Å². The van der Waals surface area contributed by atoms with Gasteiger partial charge >= 0.3 is 0 Å². The van der Waals surface area contributed by atoms with Crippen LogP contribution in [0.4, 0.5) is 10.8 Å². The summed E-state index contributed by atoms with van der Waals surface area (Å²) in [7, 11) is 0. The largest absolute Gasteiger partial charge is 0.456 e. The Bertz CT molecular complexity index is 958. The number of carbonyl (C=O) groups excluding carboxylic acids is 1. The number of furan rings is 1. The van der Waals surface area contributed by atoms with Gasteiger partial charge in [0.2, 0.25) is 5.91 Å². The number of nitro benzene ring substituents is 1. The summed E-state index contributed by atoms with van der Waals surface area (Å²) in [5.74, 6) is 0.444. The molecule has 0 unspecified atom stereocenters. The molecule has 0 aliphatic rings. The second-order valence-electron chi connectivity index (χ2n) is 5.09. The highest BCUT2D eigenvalue weighted by atomic mass is 32.1. The number of hydrogen-bond donors (Lipinski definition) is 1. The van der Waals surface area contributed by atoms with Crippen LogP contribution in [0.3, 0.4) is 0 Å². The van der Waals surface area contributed by atoms with Gasteiger partial charge in [-0.2, -0.15) is 0 Å². The number of nitrogens with one attached hydrogen (secondary N) is 1. The van der Waals surface area contributed by atoms with Gasteiger partial charge in [-0.3, -0.25) is 20.2 Å². The molecule has 7 nitrogen and oxygen atoms in total. The summed E-state index contributed by atoms with van der Waals surface area (Å²) in [5.41, 5.74) is 1.18. The van der Waals surface area contributed by atoms with Crippen molar-refractivity contribution in [2.75, 3.05) is 5.32 Å². The minimum atomic E-state index is -0.461. The molecule has 0 saturated heterocycles.